The zero-order chi connectivity index (χ0) is 29.0. The van der Waals surface area contributed by atoms with Gasteiger partial charge in [-0.3, -0.25) is 4.98 Å². The molecule has 0 saturated carbocycles. The maximum absolute atomic E-state index is 5.05. The summed E-state index contributed by atoms with van der Waals surface area (Å²) in [5.74, 6) is 1.72. The van der Waals surface area contributed by atoms with Crippen molar-refractivity contribution in [2.75, 3.05) is 25.0 Å². The molecule has 0 bridgehead atoms. The van der Waals surface area contributed by atoms with E-state index in [0.717, 1.165) is 59.7 Å². The number of pyridine rings is 1. The molecule has 2 atom stereocenters. The molecule has 0 spiro atoms. The van der Waals surface area contributed by atoms with E-state index in [9.17, 15) is 0 Å². The Hall–Kier alpha value is -3.55. The molecule has 5 rings (SSSR count). The minimum absolute atomic E-state index is 0.370. The molecule has 0 amide bonds. The number of nitrogens with one attached hydrogen (secondary N) is 1. The molecule has 6 nitrogen and oxygen atoms in total. The minimum atomic E-state index is 0.370. The van der Waals surface area contributed by atoms with Crippen molar-refractivity contribution in [1.29, 1.82) is 0 Å². The predicted molar refractivity (Wildman–Crippen MR) is 175 cm³/mol. The summed E-state index contributed by atoms with van der Waals surface area (Å²) >= 11 is 3.65. The van der Waals surface area contributed by atoms with Gasteiger partial charge >= 0.3 is 0 Å². The van der Waals surface area contributed by atoms with Crippen molar-refractivity contribution in [3.63, 3.8) is 0 Å². The molecule has 1 aromatic carbocycles. The molecule has 1 aliphatic heterocycles. The van der Waals surface area contributed by atoms with Crippen molar-refractivity contribution in [3.05, 3.63) is 119 Å². The van der Waals surface area contributed by atoms with Gasteiger partial charge in [0.25, 0.3) is 0 Å². The van der Waals surface area contributed by atoms with Crippen LogP contribution in [0.1, 0.15) is 56.4 Å². The summed E-state index contributed by atoms with van der Waals surface area (Å²) in [6, 6.07) is 16.8. The van der Waals surface area contributed by atoms with Gasteiger partial charge in [0.15, 0.2) is 5.65 Å². The van der Waals surface area contributed by atoms with E-state index in [-0.39, 0.29) is 0 Å². The van der Waals surface area contributed by atoms with Gasteiger partial charge in [0.2, 0.25) is 0 Å². The Labute approximate surface area is 253 Å². The van der Waals surface area contributed by atoms with Gasteiger partial charge in [-0.25, -0.2) is 4.98 Å². The first kappa shape index (κ1) is 30.4. The van der Waals surface area contributed by atoms with Gasteiger partial charge in [-0.05, 0) is 64.0 Å². The molecule has 0 aliphatic carbocycles. The maximum Gasteiger partial charge on any atom is 0.171 e. The monoisotopic (exact) mass is 612 g/mol. The van der Waals surface area contributed by atoms with Gasteiger partial charge in [-0.1, -0.05) is 88.1 Å². The van der Waals surface area contributed by atoms with Crippen molar-refractivity contribution in [3.8, 4) is 0 Å². The number of piperidine rings is 1. The summed E-state index contributed by atoms with van der Waals surface area (Å²) in [4.78, 5) is 11.9. The third-order valence-electron chi connectivity index (χ3n) is 7.10. The van der Waals surface area contributed by atoms with E-state index < -0.39 is 0 Å². The number of rotatable bonds is 10. The van der Waals surface area contributed by atoms with Crippen LogP contribution >= 0.6 is 15.9 Å². The Balaban J connectivity index is 0.00000189. The van der Waals surface area contributed by atoms with Crippen LogP contribution in [0.25, 0.3) is 11.2 Å². The average molecular weight is 614 g/mol. The molecule has 2 unspecified atom stereocenters. The molecule has 3 aromatic heterocycles. The van der Waals surface area contributed by atoms with Crippen LogP contribution in [0.5, 0.6) is 0 Å². The molecule has 4 aromatic rings. The summed E-state index contributed by atoms with van der Waals surface area (Å²) in [7, 11) is 0. The molecule has 1 fully saturated rings. The van der Waals surface area contributed by atoms with Crippen LogP contribution in [0, 0.1) is 5.92 Å². The number of nitrogens with zero attached hydrogens (tertiary/aromatic N) is 5. The Morgan fingerprint density at radius 3 is 2.76 bits per heavy atom. The second kappa shape index (κ2) is 15.5. The molecule has 4 heterocycles. The summed E-state index contributed by atoms with van der Waals surface area (Å²) in [6.45, 7) is 14.0. The molecule has 0 radical (unpaired) electrons. The average Bonchev–Trinajstić information content (AvgIpc) is 3.40. The molecule has 1 aliphatic rings. The number of aromatic nitrogens is 4. The fourth-order valence-electron chi connectivity index (χ4n) is 5.26. The number of fused-ring (bicyclic) bond motifs is 1. The van der Waals surface area contributed by atoms with Gasteiger partial charge < -0.3 is 10.2 Å². The highest BCUT2D eigenvalue weighted by atomic mass is 79.9. The fourth-order valence-corrected chi connectivity index (χ4v) is 5.61. The van der Waals surface area contributed by atoms with Crippen molar-refractivity contribution in [2.24, 2.45) is 5.92 Å². The third-order valence-corrected chi connectivity index (χ3v) is 7.66. The first-order chi connectivity index (χ1) is 20.1. The highest BCUT2D eigenvalue weighted by Gasteiger charge is 2.25. The lowest BCUT2D eigenvalue weighted by Crippen LogP contribution is -2.37. The lowest BCUT2D eigenvalue weighted by molar-refractivity contribution is 0.192. The molecular weight excluding hydrogens is 572 g/mol. The lowest BCUT2D eigenvalue weighted by Gasteiger charge is -2.34. The van der Waals surface area contributed by atoms with Gasteiger partial charge in [-0.2, -0.15) is 9.61 Å². The molecule has 7 heteroatoms. The van der Waals surface area contributed by atoms with E-state index in [0.29, 0.717) is 18.4 Å². The van der Waals surface area contributed by atoms with E-state index in [2.05, 4.69) is 104 Å². The van der Waals surface area contributed by atoms with Crippen LogP contribution in [0.2, 0.25) is 0 Å². The van der Waals surface area contributed by atoms with Crippen molar-refractivity contribution in [1.82, 2.24) is 24.5 Å². The van der Waals surface area contributed by atoms with Crippen LogP contribution in [-0.2, 0) is 6.54 Å². The van der Waals surface area contributed by atoms with Gasteiger partial charge in [0.1, 0.15) is 5.82 Å². The SMILES string of the molecule is C=C/C=C\C(=C/C(C)CN1CCCC(c2cc(NCc3cccnc3)n3ncc(Br)c3n2)C1)c1ccccc1.CC. The van der Waals surface area contributed by atoms with Crippen LogP contribution in [0.3, 0.4) is 0 Å². The smallest absolute Gasteiger partial charge is 0.171 e. The van der Waals surface area contributed by atoms with E-state index in [1.54, 1.807) is 6.20 Å². The van der Waals surface area contributed by atoms with Gasteiger partial charge in [0, 0.05) is 44.0 Å². The molecule has 1 saturated heterocycles. The normalized spacial score (nSPS) is 16.8. The largest absolute Gasteiger partial charge is 0.366 e. The topological polar surface area (TPSA) is 58.4 Å². The van der Waals surface area contributed by atoms with Crippen LogP contribution in [0.15, 0.2) is 102 Å². The van der Waals surface area contributed by atoms with Crippen molar-refractivity contribution >= 4 is 33.0 Å². The Morgan fingerprint density at radius 2 is 2.00 bits per heavy atom. The number of hydrogen-bond donors (Lipinski definition) is 1. The fraction of sp³-hybridized carbons (Fsp3) is 0.324. The number of benzene rings is 1. The van der Waals surface area contributed by atoms with E-state index in [1.807, 2.05) is 49.0 Å². The highest BCUT2D eigenvalue weighted by molar-refractivity contribution is 9.10. The predicted octanol–water partition coefficient (Wildman–Crippen LogP) is 8.17. The molecule has 1 N–H and O–H groups in total. The summed E-state index contributed by atoms with van der Waals surface area (Å²) in [5, 5.41) is 8.10. The Kier molecular flexibility index (Phi) is 11.5. The molecule has 41 heavy (non-hydrogen) atoms. The minimum Gasteiger partial charge on any atom is -0.366 e. The number of halogens is 1. The highest BCUT2D eigenvalue weighted by Crippen LogP contribution is 2.30. The Morgan fingerprint density at radius 1 is 1.17 bits per heavy atom. The van der Waals surface area contributed by atoms with E-state index in [4.69, 9.17) is 4.98 Å². The van der Waals surface area contributed by atoms with Crippen LogP contribution in [0.4, 0.5) is 5.82 Å². The number of likely N-dealkylation sites (tertiary alicyclic amines) is 1. The standard InChI is InChI=1S/C32H35BrN6.C2H6/c1-3-4-11-27(26-12-6-5-7-13-26)17-24(2)22-38-16-9-14-28(23-38)30-18-31(35-20-25-10-8-15-34-19-25)39-32(37-30)29(33)21-36-39;1-2/h3-8,10-13,15,17-19,21,24,28,35H,1,9,14,16,20,22-23H2,2H3;1-2H3/b11-4-,27-17+;. The van der Waals surface area contributed by atoms with Crippen LogP contribution in [-0.4, -0.2) is 44.1 Å². The maximum atomic E-state index is 5.05. The van der Waals surface area contributed by atoms with Crippen LogP contribution < -0.4 is 5.32 Å². The first-order valence-corrected chi connectivity index (χ1v) is 15.4. The summed E-state index contributed by atoms with van der Waals surface area (Å²) < 4.78 is 2.78. The quantitative estimate of drug-likeness (QED) is 0.183. The second-order valence-electron chi connectivity index (χ2n) is 10.2. The molecular formula is C34H41BrN6. The first-order valence-electron chi connectivity index (χ1n) is 14.6. The number of anilines is 1. The van der Waals surface area contributed by atoms with Gasteiger partial charge in [-0.15, -0.1) is 0 Å². The zero-order valence-electron chi connectivity index (χ0n) is 24.4. The number of hydrogen-bond acceptors (Lipinski definition) is 5. The van der Waals surface area contributed by atoms with E-state index in [1.165, 1.54) is 11.1 Å². The van der Waals surface area contributed by atoms with Crippen molar-refractivity contribution < 1.29 is 0 Å². The third kappa shape index (κ3) is 8.24. The second-order valence-corrected chi connectivity index (χ2v) is 11.0. The van der Waals surface area contributed by atoms with E-state index >= 15 is 0 Å². The zero-order valence-corrected chi connectivity index (χ0v) is 26.0. The number of allylic oxidation sites excluding steroid dienone is 4. The lowest BCUT2D eigenvalue weighted by atomic mass is 9.93. The van der Waals surface area contributed by atoms with Gasteiger partial charge in [0.05, 0.1) is 16.4 Å². The summed E-state index contributed by atoms with van der Waals surface area (Å²) in [5.41, 5.74) is 5.55. The molecule has 214 valence electrons. The summed E-state index contributed by atoms with van der Waals surface area (Å²) in [6.07, 6.45) is 16.2. The Bertz CT molecular complexity index is 1440. The van der Waals surface area contributed by atoms with Crippen molar-refractivity contribution in [2.45, 2.75) is 46.1 Å².